The lowest BCUT2D eigenvalue weighted by Crippen LogP contribution is -2.17. The van der Waals surface area contributed by atoms with Crippen LogP contribution < -0.4 is 18.9 Å². The van der Waals surface area contributed by atoms with Crippen molar-refractivity contribution >= 4 is 43.4 Å². The van der Waals surface area contributed by atoms with Crippen LogP contribution in [0.1, 0.15) is 13.8 Å². The van der Waals surface area contributed by atoms with Gasteiger partial charge in [-0.25, -0.2) is 9.59 Å². The number of fused-ring (bicyclic) bond motifs is 3. The molecule has 0 aliphatic carbocycles. The van der Waals surface area contributed by atoms with E-state index in [9.17, 15) is 22.8 Å². The minimum atomic E-state index is -4.97. The fraction of sp³-hybridized carbons (Fsp3) is 0.143. The number of methoxy groups -OCH3 is 1. The quantitative estimate of drug-likeness (QED) is 0.136. The molecule has 0 aliphatic rings. The molecule has 3 aromatic carbocycles. The highest BCUT2D eigenvalue weighted by molar-refractivity contribution is 7.26. The molecule has 0 saturated heterocycles. The first-order chi connectivity index (χ1) is 17.9. The molecule has 0 radical (unpaired) electrons. The van der Waals surface area contributed by atoms with E-state index in [0.717, 1.165) is 11.3 Å². The molecule has 38 heavy (non-hydrogen) atoms. The first-order valence-electron chi connectivity index (χ1n) is 11.1. The molecular formula is C28H21F3O6S. The zero-order valence-electron chi connectivity index (χ0n) is 20.5. The van der Waals surface area contributed by atoms with E-state index < -0.39 is 24.1 Å². The van der Waals surface area contributed by atoms with Crippen LogP contribution in [0.2, 0.25) is 0 Å². The number of rotatable bonds is 7. The van der Waals surface area contributed by atoms with Gasteiger partial charge in [0.2, 0.25) is 0 Å². The lowest BCUT2D eigenvalue weighted by Gasteiger charge is -2.15. The fourth-order valence-electron chi connectivity index (χ4n) is 3.64. The largest absolute Gasteiger partial charge is 0.573 e. The van der Waals surface area contributed by atoms with Gasteiger partial charge in [-0.05, 0) is 49.7 Å². The molecule has 0 atom stereocenters. The van der Waals surface area contributed by atoms with Crippen molar-refractivity contribution in [3.05, 3.63) is 72.8 Å². The number of carbonyl (C=O) groups excluding carboxylic acids is 2. The number of esters is 2. The molecule has 0 N–H and O–H groups in total. The molecule has 196 valence electrons. The molecular weight excluding hydrogens is 521 g/mol. The molecule has 1 heterocycles. The standard InChI is InChI=1S/C28H21F3O6S/c1-14(2)26(32)35-17-8-6-16(7-9-17)18-10-11-19-20-12-13-21(36-27(33)15(3)4)23(34-5)25(20)38-24(19)22(18)37-28(29,30)31/h6-13H,1,3H2,2,4-5H3. The van der Waals surface area contributed by atoms with E-state index in [1.54, 1.807) is 12.1 Å². The van der Waals surface area contributed by atoms with Crippen LogP contribution in [0.15, 0.2) is 72.8 Å². The lowest BCUT2D eigenvalue weighted by atomic mass is 10.0. The molecule has 0 saturated carbocycles. The van der Waals surface area contributed by atoms with E-state index >= 15 is 0 Å². The lowest BCUT2D eigenvalue weighted by molar-refractivity contribution is -0.273. The number of halogens is 3. The van der Waals surface area contributed by atoms with Gasteiger partial charge in [-0.2, -0.15) is 0 Å². The zero-order chi connectivity index (χ0) is 27.8. The number of hydrogen-bond acceptors (Lipinski definition) is 7. The van der Waals surface area contributed by atoms with E-state index in [0.29, 0.717) is 21.0 Å². The summed E-state index contributed by atoms with van der Waals surface area (Å²) in [6, 6.07) is 12.3. The molecule has 0 bridgehead atoms. The zero-order valence-corrected chi connectivity index (χ0v) is 21.3. The second-order valence-electron chi connectivity index (χ2n) is 8.31. The summed E-state index contributed by atoms with van der Waals surface area (Å²) >= 11 is 1.01. The van der Waals surface area contributed by atoms with Crippen LogP contribution in [0.5, 0.6) is 23.0 Å². The van der Waals surface area contributed by atoms with Gasteiger partial charge in [0.15, 0.2) is 17.2 Å². The SMILES string of the molecule is C=C(C)C(=O)Oc1ccc(-c2ccc3c(sc4c(OC)c(OC(=O)C(=C)C)ccc43)c2OC(F)(F)F)cc1. The Kier molecular flexibility index (Phi) is 7.19. The van der Waals surface area contributed by atoms with Gasteiger partial charge in [0.1, 0.15) is 5.75 Å². The van der Waals surface area contributed by atoms with E-state index in [2.05, 4.69) is 17.9 Å². The number of hydrogen-bond donors (Lipinski definition) is 0. The van der Waals surface area contributed by atoms with Gasteiger partial charge in [-0.3, -0.25) is 0 Å². The van der Waals surface area contributed by atoms with Crippen molar-refractivity contribution in [2.75, 3.05) is 7.11 Å². The average Bonchev–Trinajstić information content (AvgIpc) is 3.23. The third kappa shape index (κ3) is 5.35. The molecule has 6 nitrogen and oxygen atoms in total. The van der Waals surface area contributed by atoms with E-state index in [-0.39, 0.29) is 38.7 Å². The summed E-state index contributed by atoms with van der Waals surface area (Å²) in [7, 11) is 1.37. The van der Waals surface area contributed by atoms with E-state index in [1.807, 2.05) is 0 Å². The minimum absolute atomic E-state index is 0.109. The molecule has 0 unspecified atom stereocenters. The van der Waals surface area contributed by atoms with E-state index in [1.165, 1.54) is 57.4 Å². The maximum absolute atomic E-state index is 13.6. The maximum atomic E-state index is 13.6. The Bertz CT molecular complexity index is 1600. The Morgan fingerprint density at radius 2 is 1.34 bits per heavy atom. The van der Waals surface area contributed by atoms with Crippen molar-refractivity contribution in [3.63, 3.8) is 0 Å². The van der Waals surface area contributed by atoms with Crippen LogP contribution in [0.25, 0.3) is 31.3 Å². The Balaban J connectivity index is 1.88. The topological polar surface area (TPSA) is 71.1 Å². The van der Waals surface area contributed by atoms with Crippen molar-refractivity contribution in [2.24, 2.45) is 0 Å². The van der Waals surface area contributed by atoms with Crippen molar-refractivity contribution < 1.29 is 41.7 Å². The highest BCUT2D eigenvalue weighted by atomic mass is 32.1. The van der Waals surface area contributed by atoms with Crippen LogP contribution in [0.4, 0.5) is 13.2 Å². The predicted molar refractivity (Wildman–Crippen MR) is 139 cm³/mol. The molecule has 0 spiro atoms. The van der Waals surface area contributed by atoms with Crippen molar-refractivity contribution in [1.82, 2.24) is 0 Å². The third-order valence-electron chi connectivity index (χ3n) is 5.38. The summed E-state index contributed by atoms with van der Waals surface area (Å²) in [5.41, 5.74) is 0.960. The second kappa shape index (κ2) is 10.2. The molecule has 4 aromatic rings. The van der Waals surface area contributed by atoms with Crippen molar-refractivity contribution in [2.45, 2.75) is 20.2 Å². The first-order valence-corrected chi connectivity index (χ1v) is 11.9. The highest BCUT2D eigenvalue weighted by Crippen LogP contribution is 2.50. The molecule has 0 aliphatic heterocycles. The number of alkyl halides is 3. The maximum Gasteiger partial charge on any atom is 0.573 e. The Labute approximate surface area is 219 Å². The van der Waals surface area contributed by atoms with Gasteiger partial charge in [-0.1, -0.05) is 31.4 Å². The molecule has 1 aromatic heterocycles. The van der Waals surface area contributed by atoms with Crippen LogP contribution in [0, 0.1) is 0 Å². The van der Waals surface area contributed by atoms with Crippen molar-refractivity contribution in [1.29, 1.82) is 0 Å². The average molecular weight is 543 g/mol. The monoisotopic (exact) mass is 542 g/mol. The highest BCUT2D eigenvalue weighted by Gasteiger charge is 2.34. The van der Waals surface area contributed by atoms with Gasteiger partial charge in [-0.15, -0.1) is 24.5 Å². The molecule has 10 heteroatoms. The smallest absolute Gasteiger partial charge is 0.491 e. The van der Waals surface area contributed by atoms with E-state index in [4.69, 9.17) is 14.2 Å². The van der Waals surface area contributed by atoms with Gasteiger partial charge >= 0.3 is 18.3 Å². The molecule has 4 rings (SSSR count). The Hall–Kier alpha value is -4.31. The van der Waals surface area contributed by atoms with Gasteiger partial charge < -0.3 is 18.9 Å². The van der Waals surface area contributed by atoms with Crippen LogP contribution in [0.3, 0.4) is 0 Å². The molecule has 0 amide bonds. The summed E-state index contributed by atoms with van der Waals surface area (Å²) in [5.74, 6) is -1.16. The third-order valence-corrected chi connectivity index (χ3v) is 6.60. The number of ether oxygens (including phenoxy) is 4. The summed E-state index contributed by atoms with van der Waals surface area (Å²) in [6.45, 7) is 10.1. The predicted octanol–water partition coefficient (Wildman–Crippen LogP) is 7.59. The number of carbonyl (C=O) groups is 2. The van der Waals surface area contributed by atoms with Gasteiger partial charge in [0.05, 0.1) is 16.5 Å². The van der Waals surface area contributed by atoms with Gasteiger partial charge in [0, 0.05) is 27.5 Å². The van der Waals surface area contributed by atoms with Crippen LogP contribution in [-0.2, 0) is 9.59 Å². The van der Waals surface area contributed by atoms with Gasteiger partial charge in [0.25, 0.3) is 0 Å². The normalized spacial score (nSPS) is 11.3. The summed E-state index contributed by atoms with van der Waals surface area (Å²) in [6.07, 6.45) is -4.97. The minimum Gasteiger partial charge on any atom is -0.491 e. The summed E-state index contributed by atoms with van der Waals surface area (Å²) < 4.78 is 61.9. The Morgan fingerprint density at radius 3 is 1.89 bits per heavy atom. The Morgan fingerprint density at radius 1 is 0.789 bits per heavy atom. The van der Waals surface area contributed by atoms with Crippen molar-refractivity contribution in [3.8, 4) is 34.1 Å². The number of thiophene rings is 1. The van der Waals surface area contributed by atoms with Crippen LogP contribution >= 0.6 is 11.3 Å². The second-order valence-corrected chi connectivity index (χ2v) is 9.33. The molecule has 0 fully saturated rings. The number of benzene rings is 3. The first kappa shape index (κ1) is 26.7. The summed E-state index contributed by atoms with van der Waals surface area (Å²) in [4.78, 5) is 23.8. The van der Waals surface area contributed by atoms with Crippen LogP contribution in [-0.4, -0.2) is 25.4 Å². The summed E-state index contributed by atoms with van der Waals surface area (Å²) in [5, 5.41) is 1.09. The fourth-order valence-corrected chi connectivity index (χ4v) is 4.94.